The molecule has 1 atom stereocenters. The fraction of sp³-hybridized carbons (Fsp3) is 0.762. The Bertz CT molecular complexity index is 423. The molecule has 3 nitrogen and oxygen atoms in total. The Labute approximate surface area is 148 Å². The third-order valence-electron chi connectivity index (χ3n) is 4.59. The Hall–Kier alpha value is -1.09. The summed E-state index contributed by atoms with van der Waals surface area (Å²) in [4.78, 5) is 11.9. The van der Waals surface area contributed by atoms with Crippen LogP contribution in [0.1, 0.15) is 85.5 Å². The number of allylic oxidation sites excluding steroid dienone is 3. The molecule has 24 heavy (non-hydrogen) atoms. The highest BCUT2D eigenvalue weighted by atomic mass is 16.5. The van der Waals surface area contributed by atoms with Gasteiger partial charge in [0.25, 0.3) is 0 Å². The Kier molecular flexibility index (Phi) is 9.35. The van der Waals surface area contributed by atoms with Crippen LogP contribution in [-0.2, 0) is 9.53 Å². The zero-order valence-electron chi connectivity index (χ0n) is 16.0. The average molecular weight is 337 g/mol. The van der Waals surface area contributed by atoms with Crippen LogP contribution in [0.25, 0.3) is 0 Å². The number of carbonyl (C=O) groups is 1. The molecule has 0 bridgehead atoms. The van der Waals surface area contributed by atoms with E-state index in [1.54, 1.807) is 6.08 Å². The highest BCUT2D eigenvalue weighted by molar-refractivity contribution is 5.83. The Morgan fingerprint density at radius 1 is 1.29 bits per heavy atom. The van der Waals surface area contributed by atoms with Crippen LogP contribution in [0.4, 0.5) is 0 Å². The number of ether oxygens (including phenoxy) is 1. The minimum Gasteiger partial charge on any atom is -0.459 e. The summed E-state index contributed by atoms with van der Waals surface area (Å²) in [5.41, 5.74) is 0.382. The molecule has 0 saturated heterocycles. The Morgan fingerprint density at radius 3 is 2.58 bits per heavy atom. The number of esters is 1. The first-order valence-electron chi connectivity index (χ1n) is 9.54. The quantitative estimate of drug-likeness (QED) is 0.351. The van der Waals surface area contributed by atoms with Crippen LogP contribution < -0.4 is 0 Å². The van der Waals surface area contributed by atoms with Gasteiger partial charge < -0.3 is 9.84 Å². The molecular formula is C21H36O3. The largest absolute Gasteiger partial charge is 0.459 e. The van der Waals surface area contributed by atoms with Crippen molar-refractivity contribution >= 4 is 5.97 Å². The molecule has 0 heterocycles. The Balaban J connectivity index is 2.25. The molecule has 0 aromatic rings. The maximum Gasteiger partial charge on any atom is 0.331 e. The number of aliphatic hydroxyl groups is 1. The molecule has 0 aromatic carbocycles. The van der Waals surface area contributed by atoms with Crippen molar-refractivity contribution in [2.45, 2.75) is 97.2 Å². The normalized spacial score (nSPS) is 18.8. The summed E-state index contributed by atoms with van der Waals surface area (Å²) < 4.78 is 5.50. The van der Waals surface area contributed by atoms with Gasteiger partial charge in [0.2, 0.25) is 0 Å². The molecule has 1 aliphatic carbocycles. The van der Waals surface area contributed by atoms with Crippen LogP contribution in [0.5, 0.6) is 0 Å². The smallest absolute Gasteiger partial charge is 0.331 e. The van der Waals surface area contributed by atoms with Crippen LogP contribution in [0.3, 0.4) is 0 Å². The summed E-state index contributed by atoms with van der Waals surface area (Å²) in [6, 6.07) is 0. The second-order valence-electron chi connectivity index (χ2n) is 8.03. The first-order chi connectivity index (χ1) is 11.3. The van der Waals surface area contributed by atoms with Crippen LogP contribution >= 0.6 is 0 Å². The second kappa shape index (κ2) is 10.7. The SMILES string of the molecule is CC(/C=C/CC(C)CCCC(C)(C)O)=C\C(=O)OC1CCCCC1. The van der Waals surface area contributed by atoms with E-state index in [0.717, 1.165) is 44.1 Å². The minimum absolute atomic E-state index is 0.120. The van der Waals surface area contributed by atoms with Crippen molar-refractivity contribution in [1.29, 1.82) is 0 Å². The van der Waals surface area contributed by atoms with Crippen molar-refractivity contribution in [3.8, 4) is 0 Å². The molecule has 1 rings (SSSR count). The standard InChI is InChI=1S/C21H36O3/c1-17(12-9-15-21(3,4)23)10-8-11-18(2)16-20(22)24-19-13-6-5-7-14-19/h8,11,16-17,19,23H,5-7,9-10,12-15H2,1-4H3/b11-8+,18-16+. The monoisotopic (exact) mass is 336 g/mol. The Morgan fingerprint density at radius 2 is 1.96 bits per heavy atom. The highest BCUT2D eigenvalue weighted by Crippen LogP contribution is 2.21. The lowest BCUT2D eigenvalue weighted by molar-refractivity contribution is -0.144. The third-order valence-corrected chi connectivity index (χ3v) is 4.59. The zero-order chi connectivity index (χ0) is 18.0. The van der Waals surface area contributed by atoms with Gasteiger partial charge in [-0.2, -0.15) is 0 Å². The summed E-state index contributed by atoms with van der Waals surface area (Å²) in [5, 5.41) is 9.72. The van der Waals surface area contributed by atoms with Crippen molar-refractivity contribution in [3.05, 3.63) is 23.8 Å². The number of hydrogen-bond donors (Lipinski definition) is 1. The van der Waals surface area contributed by atoms with Crippen molar-refractivity contribution < 1.29 is 14.6 Å². The van der Waals surface area contributed by atoms with Gasteiger partial charge in [-0.1, -0.05) is 38.3 Å². The van der Waals surface area contributed by atoms with E-state index in [4.69, 9.17) is 4.74 Å². The molecule has 1 saturated carbocycles. The molecule has 1 N–H and O–H groups in total. The number of rotatable bonds is 9. The summed E-state index contributed by atoms with van der Waals surface area (Å²) in [6.45, 7) is 7.89. The first kappa shape index (κ1) is 21.0. The van der Waals surface area contributed by atoms with Gasteiger partial charge in [-0.3, -0.25) is 0 Å². The van der Waals surface area contributed by atoms with E-state index in [-0.39, 0.29) is 12.1 Å². The fourth-order valence-electron chi connectivity index (χ4n) is 3.10. The first-order valence-corrected chi connectivity index (χ1v) is 9.54. The molecule has 0 radical (unpaired) electrons. The summed E-state index contributed by atoms with van der Waals surface area (Å²) >= 11 is 0. The van der Waals surface area contributed by atoms with Gasteiger partial charge >= 0.3 is 5.97 Å². The summed E-state index contributed by atoms with van der Waals surface area (Å²) in [7, 11) is 0. The van der Waals surface area contributed by atoms with Gasteiger partial charge in [0, 0.05) is 6.08 Å². The predicted molar refractivity (Wildman–Crippen MR) is 99.8 cm³/mol. The molecule has 138 valence electrons. The number of carbonyl (C=O) groups excluding carboxylic acids is 1. The van der Waals surface area contributed by atoms with Crippen molar-refractivity contribution in [2.24, 2.45) is 5.92 Å². The molecule has 0 aromatic heterocycles. The predicted octanol–water partition coefficient (Wildman–Crippen LogP) is 5.33. The maximum atomic E-state index is 11.9. The van der Waals surface area contributed by atoms with Gasteiger partial charge in [0.1, 0.15) is 6.10 Å². The lowest BCUT2D eigenvalue weighted by Crippen LogP contribution is -2.19. The maximum absolute atomic E-state index is 11.9. The third kappa shape index (κ3) is 10.6. The molecule has 0 spiro atoms. The van der Waals surface area contributed by atoms with Crippen LogP contribution in [0.2, 0.25) is 0 Å². The lowest BCUT2D eigenvalue weighted by atomic mass is 9.95. The lowest BCUT2D eigenvalue weighted by Gasteiger charge is -2.21. The average Bonchev–Trinajstić information content (AvgIpc) is 2.46. The van der Waals surface area contributed by atoms with Crippen LogP contribution in [-0.4, -0.2) is 22.8 Å². The van der Waals surface area contributed by atoms with Crippen LogP contribution in [0, 0.1) is 5.92 Å². The number of hydrogen-bond acceptors (Lipinski definition) is 3. The van der Waals surface area contributed by atoms with E-state index in [1.165, 1.54) is 19.3 Å². The highest BCUT2D eigenvalue weighted by Gasteiger charge is 2.16. The van der Waals surface area contributed by atoms with Gasteiger partial charge in [0.15, 0.2) is 0 Å². The molecule has 0 aliphatic heterocycles. The van der Waals surface area contributed by atoms with E-state index in [2.05, 4.69) is 13.0 Å². The van der Waals surface area contributed by atoms with Gasteiger partial charge in [0.05, 0.1) is 5.60 Å². The zero-order valence-corrected chi connectivity index (χ0v) is 16.0. The van der Waals surface area contributed by atoms with Gasteiger partial charge in [-0.15, -0.1) is 0 Å². The molecule has 1 fully saturated rings. The molecule has 0 amide bonds. The molecule has 1 aliphatic rings. The minimum atomic E-state index is -0.562. The van der Waals surface area contributed by atoms with E-state index in [9.17, 15) is 9.90 Å². The molecule has 1 unspecified atom stereocenters. The molecule has 3 heteroatoms. The topological polar surface area (TPSA) is 46.5 Å². The van der Waals surface area contributed by atoms with Gasteiger partial charge in [-0.25, -0.2) is 4.79 Å². The van der Waals surface area contributed by atoms with Crippen molar-refractivity contribution in [2.75, 3.05) is 0 Å². The van der Waals surface area contributed by atoms with Crippen molar-refractivity contribution in [1.82, 2.24) is 0 Å². The molecular weight excluding hydrogens is 300 g/mol. The second-order valence-corrected chi connectivity index (χ2v) is 8.03. The van der Waals surface area contributed by atoms with E-state index < -0.39 is 5.60 Å². The fourth-order valence-corrected chi connectivity index (χ4v) is 3.10. The summed E-state index contributed by atoms with van der Waals surface area (Å²) in [5.74, 6) is 0.382. The van der Waals surface area contributed by atoms with Gasteiger partial charge in [-0.05, 0) is 70.8 Å². The van der Waals surface area contributed by atoms with Crippen molar-refractivity contribution in [3.63, 3.8) is 0 Å². The summed E-state index contributed by atoms with van der Waals surface area (Å²) in [6.07, 6.45) is 15.5. The van der Waals surface area contributed by atoms with Crippen LogP contribution in [0.15, 0.2) is 23.8 Å². The van der Waals surface area contributed by atoms with E-state index >= 15 is 0 Å². The van der Waals surface area contributed by atoms with E-state index in [0.29, 0.717) is 5.92 Å². The van der Waals surface area contributed by atoms with E-state index in [1.807, 2.05) is 26.8 Å².